The lowest BCUT2D eigenvalue weighted by Gasteiger charge is -2.18. The molecule has 2 nitrogen and oxygen atoms in total. The van der Waals surface area contributed by atoms with E-state index in [2.05, 4.69) is 27.9 Å². The molecule has 1 aromatic rings. The number of rotatable bonds is 4. The molecule has 0 saturated heterocycles. The van der Waals surface area contributed by atoms with Gasteiger partial charge in [0, 0.05) is 9.61 Å². The summed E-state index contributed by atoms with van der Waals surface area (Å²) in [6.07, 6.45) is 5.20. The quantitative estimate of drug-likeness (QED) is 0.838. The summed E-state index contributed by atoms with van der Waals surface area (Å²) in [5.74, 6) is 1.62. The fraction of sp³-hybridized carbons (Fsp3) is 0.500. The fourth-order valence-corrected chi connectivity index (χ4v) is 3.04. The average molecular weight is 341 g/mol. The zero-order chi connectivity index (χ0) is 11.8. The van der Waals surface area contributed by atoms with E-state index in [9.17, 15) is 4.79 Å². The lowest BCUT2D eigenvalue weighted by molar-refractivity contribution is 0.0925. The molecule has 3 rings (SSSR count). The van der Waals surface area contributed by atoms with E-state index in [0.717, 1.165) is 21.0 Å². The van der Waals surface area contributed by atoms with Crippen molar-refractivity contribution in [3.05, 3.63) is 33.4 Å². The van der Waals surface area contributed by atoms with Crippen molar-refractivity contribution in [2.45, 2.75) is 31.7 Å². The highest BCUT2D eigenvalue weighted by Crippen LogP contribution is 2.44. The molecular weight excluding hydrogens is 325 g/mol. The molecular formula is C14H16INO. The maximum Gasteiger partial charge on any atom is 0.252 e. The lowest BCUT2D eigenvalue weighted by atomic mass is 10.1. The molecule has 0 heterocycles. The molecule has 90 valence electrons. The van der Waals surface area contributed by atoms with Crippen LogP contribution in [0, 0.1) is 15.4 Å². The van der Waals surface area contributed by atoms with Gasteiger partial charge in [-0.15, -0.1) is 0 Å². The van der Waals surface area contributed by atoms with Gasteiger partial charge in [-0.25, -0.2) is 0 Å². The van der Waals surface area contributed by atoms with Crippen LogP contribution in [0.5, 0.6) is 0 Å². The van der Waals surface area contributed by atoms with Crippen LogP contribution in [-0.4, -0.2) is 11.9 Å². The van der Waals surface area contributed by atoms with Crippen molar-refractivity contribution >= 4 is 28.5 Å². The van der Waals surface area contributed by atoms with E-state index in [0.29, 0.717) is 6.04 Å². The zero-order valence-electron chi connectivity index (χ0n) is 9.66. The molecule has 0 aromatic heterocycles. The highest BCUT2D eigenvalue weighted by Gasteiger charge is 2.42. The van der Waals surface area contributed by atoms with Gasteiger partial charge in [0.05, 0.1) is 5.56 Å². The van der Waals surface area contributed by atoms with Crippen LogP contribution in [0.3, 0.4) is 0 Å². The topological polar surface area (TPSA) is 29.1 Å². The average Bonchev–Trinajstić information content (AvgIpc) is 3.16. The number of carbonyl (C=O) groups excluding carboxylic acids is 1. The van der Waals surface area contributed by atoms with Crippen LogP contribution in [0.25, 0.3) is 0 Å². The summed E-state index contributed by atoms with van der Waals surface area (Å²) < 4.78 is 1.04. The summed E-state index contributed by atoms with van der Waals surface area (Å²) in [5.41, 5.74) is 0.819. The molecule has 0 bridgehead atoms. The normalized spacial score (nSPS) is 19.4. The van der Waals surface area contributed by atoms with Crippen LogP contribution in [0.4, 0.5) is 0 Å². The smallest absolute Gasteiger partial charge is 0.252 e. The van der Waals surface area contributed by atoms with Gasteiger partial charge >= 0.3 is 0 Å². The Labute approximate surface area is 115 Å². The van der Waals surface area contributed by atoms with Gasteiger partial charge in [0.1, 0.15) is 0 Å². The largest absolute Gasteiger partial charge is 0.349 e. The first-order valence-corrected chi connectivity index (χ1v) is 7.39. The van der Waals surface area contributed by atoms with E-state index < -0.39 is 0 Å². The number of hydrogen-bond acceptors (Lipinski definition) is 1. The number of halogens is 1. The number of benzene rings is 1. The molecule has 3 heteroatoms. The van der Waals surface area contributed by atoms with E-state index in [1.54, 1.807) is 0 Å². The molecule has 17 heavy (non-hydrogen) atoms. The van der Waals surface area contributed by atoms with E-state index >= 15 is 0 Å². The second kappa shape index (κ2) is 4.59. The molecule has 2 saturated carbocycles. The minimum atomic E-state index is 0.110. The van der Waals surface area contributed by atoms with Crippen molar-refractivity contribution in [2.75, 3.05) is 0 Å². The third-order valence-electron chi connectivity index (χ3n) is 3.68. The maximum absolute atomic E-state index is 12.2. The van der Waals surface area contributed by atoms with Gasteiger partial charge in [-0.3, -0.25) is 4.79 Å². The van der Waals surface area contributed by atoms with Gasteiger partial charge in [-0.1, -0.05) is 12.1 Å². The van der Waals surface area contributed by atoms with E-state index in [1.165, 1.54) is 25.7 Å². The summed E-state index contributed by atoms with van der Waals surface area (Å²) in [7, 11) is 0. The van der Waals surface area contributed by atoms with Crippen molar-refractivity contribution in [1.82, 2.24) is 5.32 Å². The van der Waals surface area contributed by atoms with Crippen molar-refractivity contribution in [1.29, 1.82) is 0 Å². The number of nitrogens with one attached hydrogen (secondary N) is 1. The van der Waals surface area contributed by atoms with Gasteiger partial charge in [0.15, 0.2) is 0 Å². The van der Waals surface area contributed by atoms with E-state index in [1.807, 2.05) is 24.3 Å². The summed E-state index contributed by atoms with van der Waals surface area (Å²) in [6, 6.07) is 8.24. The molecule has 0 unspecified atom stereocenters. The Bertz CT molecular complexity index is 426. The zero-order valence-corrected chi connectivity index (χ0v) is 11.8. The van der Waals surface area contributed by atoms with Crippen LogP contribution in [0.1, 0.15) is 36.0 Å². The van der Waals surface area contributed by atoms with E-state index in [4.69, 9.17) is 0 Å². The summed E-state index contributed by atoms with van der Waals surface area (Å²) in [5, 5.41) is 3.25. The van der Waals surface area contributed by atoms with Gasteiger partial charge in [0.25, 0.3) is 5.91 Å². The highest BCUT2D eigenvalue weighted by atomic mass is 127. The molecule has 2 aliphatic carbocycles. The van der Waals surface area contributed by atoms with Crippen LogP contribution >= 0.6 is 22.6 Å². The van der Waals surface area contributed by atoms with Crippen LogP contribution in [0.15, 0.2) is 24.3 Å². The number of carbonyl (C=O) groups is 1. The molecule has 1 amide bonds. The highest BCUT2D eigenvalue weighted by molar-refractivity contribution is 14.1. The first kappa shape index (κ1) is 11.5. The maximum atomic E-state index is 12.2. The van der Waals surface area contributed by atoms with Crippen LogP contribution < -0.4 is 5.32 Å². The predicted octanol–water partition coefficient (Wildman–Crippen LogP) is 3.21. The van der Waals surface area contributed by atoms with Crippen LogP contribution in [0.2, 0.25) is 0 Å². The van der Waals surface area contributed by atoms with E-state index in [-0.39, 0.29) is 5.91 Å². The molecule has 0 spiro atoms. The standard InChI is InChI=1S/C14H16INO/c15-12-4-2-1-3-11(12)14(17)16-13(9-5-6-9)10-7-8-10/h1-4,9-10,13H,5-8H2,(H,16,17). The molecule has 0 radical (unpaired) electrons. The first-order chi connectivity index (χ1) is 8.25. The van der Waals surface area contributed by atoms with Crippen molar-refractivity contribution in [3.63, 3.8) is 0 Å². The number of amides is 1. The number of hydrogen-bond donors (Lipinski definition) is 1. The Kier molecular flexibility index (Phi) is 3.11. The van der Waals surface area contributed by atoms with Crippen molar-refractivity contribution in [2.24, 2.45) is 11.8 Å². The molecule has 1 N–H and O–H groups in total. The molecule has 2 fully saturated rings. The Morgan fingerprint density at radius 2 is 1.76 bits per heavy atom. The Balaban J connectivity index is 1.71. The lowest BCUT2D eigenvalue weighted by Crippen LogP contribution is -2.38. The summed E-state index contributed by atoms with van der Waals surface area (Å²) in [4.78, 5) is 12.2. The monoisotopic (exact) mass is 341 g/mol. The molecule has 0 atom stereocenters. The van der Waals surface area contributed by atoms with Crippen LogP contribution in [-0.2, 0) is 0 Å². The predicted molar refractivity (Wildman–Crippen MR) is 75.9 cm³/mol. The Morgan fingerprint density at radius 3 is 2.29 bits per heavy atom. The SMILES string of the molecule is O=C(NC(C1CC1)C1CC1)c1ccccc1I. The van der Waals surface area contributed by atoms with Crippen molar-refractivity contribution < 1.29 is 4.79 Å². The Hall–Kier alpha value is -0.580. The Morgan fingerprint density at radius 1 is 1.18 bits per heavy atom. The van der Waals surface area contributed by atoms with Gasteiger partial charge < -0.3 is 5.32 Å². The summed E-state index contributed by atoms with van der Waals surface area (Å²) >= 11 is 2.23. The van der Waals surface area contributed by atoms with Gasteiger partial charge in [-0.05, 0) is 72.2 Å². The first-order valence-electron chi connectivity index (χ1n) is 6.31. The minimum Gasteiger partial charge on any atom is -0.349 e. The third-order valence-corrected chi connectivity index (χ3v) is 4.62. The molecule has 0 aliphatic heterocycles. The van der Waals surface area contributed by atoms with Gasteiger partial charge in [0.2, 0.25) is 0 Å². The van der Waals surface area contributed by atoms with Crippen molar-refractivity contribution in [3.8, 4) is 0 Å². The molecule has 1 aromatic carbocycles. The fourth-order valence-electron chi connectivity index (χ4n) is 2.41. The second-order valence-corrected chi connectivity index (χ2v) is 6.32. The molecule has 2 aliphatic rings. The minimum absolute atomic E-state index is 0.110. The third kappa shape index (κ3) is 2.64. The summed E-state index contributed by atoms with van der Waals surface area (Å²) in [6.45, 7) is 0. The second-order valence-electron chi connectivity index (χ2n) is 5.15. The van der Waals surface area contributed by atoms with Gasteiger partial charge in [-0.2, -0.15) is 0 Å².